The number of nitrogens with one attached hydrogen (secondary N) is 1. The predicted octanol–water partition coefficient (Wildman–Crippen LogP) is 5.14. The lowest BCUT2D eigenvalue weighted by molar-refractivity contribution is -0.133. The molecule has 0 spiro atoms. The number of aromatic amines is 1. The molecule has 1 aliphatic carbocycles. The summed E-state index contributed by atoms with van der Waals surface area (Å²) in [7, 11) is 0. The fourth-order valence-corrected chi connectivity index (χ4v) is 4.62. The minimum absolute atomic E-state index is 0.283. The van der Waals surface area contributed by atoms with Crippen molar-refractivity contribution in [1.82, 2.24) is 14.9 Å². The molecule has 0 atom stereocenters. The Morgan fingerprint density at radius 1 is 1.18 bits per heavy atom. The highest BCUT2D eigenvalue weighted by atomic mass is 35.5. The monoisotopic (exact) mass is 397 g/mol. The summed E-state index contributed by atoms with van der Waals surface area (Å²) in [5.41, 5.74) is 3.30. The van der Waals surface area contributed by atoms with Crippen molar-refractivity contribution in [3.8, 4) is 11.1 Å². The number of benzene rings is 1. The predicted molar refractivity (Wildman–Crippen MR) is 108 cm³/mol. The zero-order valence-electron chi connectivity index (χ0n) is 15.4. The highest BCUT2D eigenvalue weighted by molar-refractivity contribution is 6.31. The number of likely N-dealkylation sites (tertiary alicyclic amines) is 1. The second-order valence-corrected chi connectivity index (χ2v) is 8.24. The van der Waals surface area contributed by atoms with Gasteiger partial charge in [0.15, 0.2) is 5.82 Å². The van der Waals surface area contributed by atoms with Crippen molar-refractivity contribution in [3.05, 3.63) is 53.1 Å². The summed E-state index contributed by atoms with van der Waals surface area (Å²) < 4.78 is 14.2. The van der Waals surface area contributed by atoms with Crippen molar-refractivity contribution in [2.75, 3.05) is 13.1 Å². The number of nitrogens with zero attached hydrogens (tertiary/aromatic N) is 2. The molecular weight excluding hydrogens is 377 g/mol. The van der Waals surface area contributed by atoms with Crippen molar-refractivity contribution in [2.45, 2.75) is 31.6 Å². The second kappa shape index (κ2) is 6.89. The average molecular weight is 398 g/mol. The molecule has 6 heteroatoms. The Morgan fingerprint density at radius 3 is 2.68 bits per heavy atom. The Labute approximate surface area is 167 Å². The van der Waals surface area contributed by atoms with Crippen LogP contribution in [0, 0.1) is 11.7 Å². The van der Waals surface area contributed by atoms with E-state index in [9.17, 15) is 9.18 Å². The van der Waals surface area contributed by atoms with E-state index in [2.05, 4.69) is 16.0 Å². The van der Waals surface area contributed by atoms with Crippen LogP contribution < -0.4 is 0 Å². The molecule has 1 amide bonds. The number of rotatable bonds is 3. The van der Waals surface area contributed by atoms with Gasteiger partial charge in [0, 0.05) is 36.4 Å². The molecule has 1 saturated carbocycles. The van der Waals surface area contributed by atoms with Crippen LogP contribution in [0.1, 0.15) is 37.2 Å². The average Bonchev–Trinajstić information content (AvgIpc) is 3.50. The molecule has 1 saturated heterocycles. The molecule has 1 aliphatic heterocycles. The van der Waals surface area contributed by atoms with Gasteiger partial charge in [-0.3, -0.25) is 4.79 Å². The van der Waals surface area contributed by atoms with Gasteiger partial charge < -0.3 is 9.88 Å². The van der Waals surface area contributed by atoms with Crippen LogP contribution in [-0.2, 0) is 4.79 Å². The fraction of sp³-hybridized carbons (Fsp3) is 0.364. The molecule has 5 rings (SSSR count). The van der Waals surface area contributed by atoms with E-state index in [0.717, 1.165) is 55.5 Å². The zero-order valence-corrected chi connectivity index (χ0v) is 16.2. The van der Waals surface area contributed by atoms with Gasteiger partial charge in [-0.05, 0) is 60.4 Å². The molecule has 2 fully saturated rings. The summed E-state index contributed by atoms with van der Waals surface area (Å²) in [6.45, 7) is 1.61. The van der Waals surface area contributed by atoms with Gasteiger partial charge in [0.25, 0.3) is 0 Å². The largest absolute Gasteiger partial charge is 0.343 e. The Bertz CT molecular complexity index is 1050. The Kier molecular flexibility index (Phi) is 4.35. The van der Waals surface area contributed by atoms with Crippen LogP contribution in [0.3, 0.4) is 0 Å². The molecule has 2 aliphatic rings. The van der Waals surface area contributed by atoms with E-state index in [1.165, 1.54) is 6.20 Å². The molecule has 3 aromatic rings. The fourth-order valence-electron chi connectivity index (χ4n) is 4.28. The number of halogens is 2. The highest BCUT2D eigenvalue weighted by Gasteiger charge is 2.35. The smallest absolute Gasteiger partial charge is 0.225 e. The number of H-pyrrole nitrogens is 1. The molecule has 1 N–H and O–H groups in total. The van der Waals surface area contributed by atoms with Crippen molar-refractivity contribution in [3.63, 3.8) is 0 Å². The summed E-state index contributed by atoms with van der Waals surface area (Å²) in [5, 5.41) is 1.18. The maximum absolute atomic E-state index is 14.2. The van der Waals surface area contributed by atoms with Gasteiger partial charge >= 0.3 is 0 Å². The van der Waals surface area contributed by atoms with E-state index in [1.807, 2.05) is 23.1 Å². The molecule has 144 valence electrons. The standard InChI is InChI=1S/C22H21ClFN3O/c23-18-11-15(17-5-8-25-21-20(17)19(24)12-26-21)3-4-16(18)13-6-9-27(10-7-13)22(28)14-1-2-14/h3-5,8,11-14H,1-2,6-7,9-10H2,(H,25,26). The minimum atomic E-state index is -0.314. The molecule has 3 heterocycles. The molecule has 0 radical (unpaired) electrons. The number of piperidine rings is 1. The topological polar surface area (TPSA) is 49.0 Å². The quantitative estimate of drug-likeness (QED) is 0.665. The first kappa shape index (κ1) is 17.7. The maximum Gasteiger partial charge on any atom is 0.225 e. The van der Waals surface area contributed by atoms with Gasteiger partial charge in [-0.15, -0.1) is 0 Å². The normalized spacial score (nSPS) is 18.0. The number of hydrogen-bond donors (Lipinski definition) is 1. The summed E-state index contributed by atoms with van der Waals surface area (Å²) in [6, 6.07) is 7.79. The summed E-state index contributed by atoms with van der Waals surface area (Å²) in [6.07, 6.45) is 6.97. The van der Waals surface area contributed by atoms with Gasteiger partial charge in [0.05, 0.1) is 5.39 Å². The van der Waals surface area contributed by atoms with Gasteiger partial charge in [-0.25, -0.2) is 9.37 Å². The maximum atomic E-state index is 14.2. The van der Waals surface area contributed by atoms with Gasteiger partial charge in [0.1, 0.15) is 5.65 Å². The lowest BCUT2D eigenvalue weighted by Gasteiger charge is -2.32. The number of hydrogen-bond acceptors (Lipinski definition) is 2. The Balaban J connectivity index is 1.38. The van der Waals surface area contributed by atoms with Crippen LogP contribution in [0.4, 0.5) is 4.39 Å². The van der Waals surface area contributed by atoms with Crippen molar-refractivity contribution >= 4 is 28.5 Å². The third-order valence-electron chi connectivity index (χ3n) is 6.01. The van der Waals surface area contributed by atoms with Gasteiger partial charge in [-0.2, -0.15) is 0 Å². The second-order valence-electron chi connectivity index (χ2n) is 7.83. The number of carbonyl (C=O) groups excluding carboxylic acids is 1. The number of pyridine rings is 1. The Hall–Kier alpha value is -2.40. The van der Waals surface area contributed by atoms with Crippen molar-refractivity contribution < 1.29 is 9.18 Å². The minimum Gasteiger partial charge on any atom is -0.343 e. The van der Waals surface area contributed by atoms with Crippen molar-refractivity contribution in [2.24, 2.45) is 5.92 Å². The summed E-state index contributed by atoms with van der Waals surface area (Å²) >= 11 is 6.64. The van der Waals surface area contributed by atoms with E-state index in [-0.39, 0.29) is 11.7 Å². The highest BCUT2D eigenvalue weighted by Crippen LogP contribution is 2.38. The number of amides is 1. The number of aromatic nitrogens is 2. The SMILES string of the molecule is O=C(C1CC1)N1CCC(c2ccc(-c3ccnc4[nH]cc(F)c34)cc2Cl)CC1. The van der Waals surface area contributed by atoms with Crippen LogP contribution in [0.5, 0.6) is 0 Å². The van der Waals surface area contributed by atoms with Crippen LogP contribution in [0.2, 0.25) is 5.02 Å². The van der Waals surface area contributed by atoms with E-state index in [1.54, 1.807) is 6.20 Å². The third kappa shape index (κ3) is 3.08. The van der Waals surface area contributed by atoms with Gasteiger partial charge in [-0.1, -0.05) is 23.7 Å². The molecule has 1 aromatic carbocycles. The first-order chi connectivity index (χ1) is 13.6. The number of fused-ring (bicyclic) bond motifs is 1. The first-order valence-corrected chi connectivity index (χ1v) is 10.2. The summed E-state index contributed by atoms with van der Waals surface area (Å²) in [5.74, 6) is 0.651. The third-order valence-corrected chi connectivity index (χ3v) is 6.34. The van der Waals surface area contributed by atoms with Gasteiger partial charge in [0.2, 0.25) is 5.91 Å². The first-order valence-electron chi connectivity index (χ1n) is 9.82. The van der Waals surface area contributed by atoms with E-state index in [4.69, 9.17) is 11.6 Å². The summed E-state index contributed by atoms with van der Waals surface area (Å²) in [4.78, 5) is 21.3. The van der Waals surface area contributed by atoms with E-state index in [0.29, 0.717) is 27.9 Å². The molecule has 28 heavy (non-hydrogen) atoms. The molecule has 4 nitrogen and oxygen atoms in total. The van der Waals surface area contributed by atoms with E-state index < -0.39 is 0 Å². The molecule has 2 aromatic heterocycles. The van der Waals surface area contributed by atoms with E-state index >= 15 is 0 Å². The lowest BCUT2D eigenvalue weighted by Crippen LogP contribution is -2.38. The zero-order chi connectivity index (χ0) is 19.3. The van der Waals surface area contributed by atoms with Crippen LogP contribution in [-0.4, -0.2) is 33.9 Å². The van der Waals surface area contributed by atoms with Crippen molar-refractivity contribution in [1.29, 1.82) is 0 Å². The molecule has 0 bridgehead atoms. The lowest BCUT2D eigenvalue weighted by atomic mass is 9.88. The van der Waals surface area contributed by atoms with Crippen LogP contribution in [0.15, 0.2) is 36.7 Å². The molecular formula is C22H21ClFN3O. The van der Waals surface area contributed by atoms with Crippen LogP contribution in [0.25, 0.3) is 22.2 Å². The van der Waals surface area contributed by atoms with Crippen LogP contribution >= 0.6 is 11.6 Å². The molecule has 0 unspecified atom stereocenters. The Morgan fingerprint density at radius 2 is 1.96 bits per heavy atom. The number of carbonyl (C=O) groups is 1.